The maximum absolute atomic E-state index is 12.6. The summed E-state index contributed by atoms with van der Waals surface area (Å²) in [5.74, 6) is 0.494. The molecule has 0 radical (unpaired) electrons. The van der Waals surface area contributed by atoms with Crippen LogP contribution in [0.25, 0.3) is 0 Å². The summed E-state index contributed by atoms with van der Waals surface area (Å²) in [6, 6.07) is 7.79. The first-order chi connectivity index (χ1) is 14.9. The Hall–Kier alpha value is -2.34. The quantitative estimate of drug-likeness (QED) is 0.559. The fraction of sp³-hybridized carbons (Fsp3) is 0.538. The molecule has 174 valence electrons. The molecule has 5 nitrogen and oxygen atoms in total. The molecule has 1 heterocycles. The Labute approximate surface area is 195 Å². The summed E-state index contributed by atoms with van der Waals surface area (Å²) in [5, 5.41) is 3.46. The van der Waals surface area contributed by atoms with Gasteiger partial charge in [-0.25, -0.2) is 4.79 Å². The van der Waals surface area contributed by atoms with Crippen molar-refractivity contribution in [3.05, 3.63) is 45.8 Å². The highest BCUT2D eigenvalue weighted by molar-refractivity contribution is 7.17. The Morgan fingerprint density at radius 2 is 1.75 bits per heavy atom. The topological polar surface area (TPSA) is 64.6 Å². The summed E-state index contributed by atoms with van der Waals surface area (Å²) >= 11 is 1.49. The van der Waals surface area contributed by atoms with Crippen LogP contribution < -0.4 is 10.1 Å². The fourth-order valence-electron chi connectivity index (χ4n) is 4.09. The second-order valence-corrected chi connectivity index (χ2v) is 11.7. The number of nitrogens with one attached hydrogen (secondary N) is 1. The second kappa shape index (κ2) is 9.26. The Kier molecular flexibility index (Phi) is 7.03. The lowest BCUT2D eigenvalue weighted by atomic mass is 9.72. The summed E-state index contributed by atoms with van der Waals surface area (Å²) in [7, 11) is 1.38. The highest BCUT2D eigenvalue weighted by Crippen LogP contribution is 2.44. The number of methoxy groups -OCH3 is 1. The monoisotopic (exact) mass is 457 g/mol. The Morgan fingerprint density at radius 1 is 1.09 bits per heavy atom. The van der Waals surface area contributed by atoms with Gasteiger partial charge >= 0.3 is 5.97 Å². The third-order valence-corrected chi connectivity index (χ3v) is 7.39. The van der Waals surface area contributed by atoms with E-state index in [0.29, 0.717) is 22.2 Å². The van der Waals surface area contributed by atoms with Gasteiger partial charge in [0.15, 0.2) is 6.61 Å². The molecule has 1 N–H and O–H groups in total. The lowest BCUT2D eigenvalue weighted by molar-refractivity contribution is -0.118. The van der Waals surface area contributed by atoms with Crippen LogP contribution in [0.1, 0.15) is 74.3 Å². The third kappa shape index (κ3) is 5.52. The first-order valence-electron chi connectivity index (χ1n) is 11.2. The standard InChI is InChI=1S/C26H35NO4S/c1-25(2,3)16-8-11-18(12-9-16)31-15-21(28)27-23-22(24(29)30-7)19-13-10-17(26(4,5)6)14-20(19)32-23/h8-9,11-12,17H,10,13-15H2,1-7H3,(H,27,28). The fourth-order valence-corrected chi connectivity index (χ4v) is 5.43. The van der Waals surface area contributed by atoms with Gasteiger partial charge in [-0.15, -0.1) is 11.3 Å². The maximum Gasteiger partial charge on any atom is 0.341 e. The van der Waals surface area contributed by atoms with Crippen LogP contribution in [0.15, 0.2) is 24.3 Å². The summed E-state index contributed by atoms with van der Waals surface area (Å²) in [6.45, 7) is 13.1. The number of fused-ring (bicyclic) bond motifs is 1. The molecule has 1 aromatic heterocycles. The van der Waals surface area contributed by atoms with Crippen molar-refractivity contribution >= 4 is 28.2 Å². The average Bonchev–Trinajstić information content (AvgIpc) is 3.07. The number of benzene rings is 1. The Bertz CT molecular complexity index is 977. The minimum Gasteiger partial charge on any atom is -0.484 e. The number of rotatable bonds is 5. The number of esters is 1. The van der Waals surface area contributed by atoms with Crippen molar-refractivity contribution in [2.45, 2.75) is 66.2 Å². The van der Waals surface area contributed by atoms with Crippen molar-refractivity contribution in [2.75, 3.05) is 19.0 Å². The van der Waals surface area contributed by atoms with E-state index in [-0.39, 0.29) is 23.3 Å². The summed E-state index contributed by atoms with van der Waals surface area (Å²) in [4.78, 5) is 26.3. The molecule has 1 amide bonds. The van der Waals surface area contributed by atoms with Crippen LogP contribution in [0.2, 0.25) is 0 Å². The third-order valence-electron chi connectivity index (χ3n) is 6.22. The highest BCUT2D eigenvalue weighted by atomic mass is 32.1. The SMILES string of the molecule is COC(=O)c1c(NC(=O)COc2ccc(C(C)(C)C)cc2)sc2c1CCC(C(C)(C)C)C2. The van der Waals surface area contributed by atoms with Crippen LogP contribution in [0.3, 0.4) is 0 Å². The lowest BCUT2D eigenvalue weighted by Crippen LogP contribution is -2.26. The minimum absolute atomic E-state index is 0.0600. The van der Waals surface area contributed by atoms with E-state index in [4.69, 9.17) is 9.47 Å². The van der Waals surface area contributed by atoms with Gasteiger partial charge in [0.1, 0.15) is 10.8 Å². The van der Waals surface area contributed by atoms with E-state index in [2.05, 4.69) is 46.9 Å². The van der Waals surface area contributed by atoms with Crippen LogP contribution in [0, 0.1) is 11.3 Å². The van der Waals surface area contributed by atoms with Crippen LogP contribution in [-0.4, -0.2) is 25.6 Å². The van der Waals surface area contributed by atoms with Crippen molar-refractivity contribution < 1.29 is 19.1 Å². The molecule has 0 fully saturated rings. The molecule has 0 saturated carbocycles. The number of amides is 1. The van der Waals surface area contributed by atoms with E-state index in [1.54, 1.807) is 0 Å². The van der Waals surface area contributed by atoms with Crippen molar-refractivity contribution in [1.29, 1.82) is 0 Å². The van der Waals surface area contributed by atoms with Crippen molar-refractivity contribution in [1.82, 2.24) is 0 Å². The molecule has 6 heteroatoms. The number of anilines is 1. The van der Waals surface area contributed by atoms with E-state index >= 15 is 0 Å². The second-order valence-electron chi connectivity index (χ2n) is 10.6. The number of carbonyl (C=O) groups excluding carboxylic acids is 2. The van der Waals surface area contributed by atoms with Gasteiger partial charge in [0.05, 0.1) is 12.7 Å². The van der Waals surface area contributed by atoms with Crippen LogP contribution in [0.4, 0.5) is 5.00 Å². The predicted molar refractivity (Wildman–Crippen MR) is 130 cm³/mol. The zero-order valence-electron chi connectivity index (χ0n) is 20.3. The van der Waals surface area contributed by atoms with Gasteiger partial charge in [-0.3, -0.25) is 4.79 Å². The van der Waals surface area contributed by atoms with Gasteiger partial charge in [0.2, 0.25) is 0 Å². The van der Waals surface area contributed by atoms with E-state index < -0.39 is 5.97 Å². The van der Waals surface area contributed by atoms with Gasteiger partial charge in [-0.05, 0) is 59.3 Å². The number of hydrogen-bond donors (Lipinski definition) is 1. The van der Waals surface area contributed by atoms with Crippen molar-refractivity contribution in [3.8, 4) is 5.75 Å². The van der Waals surface area contributed by atoms with E-state index in [1.165, 1.54) is 28.9 Å². The van der Waals surface area contributed by atoms with Gasteiger partial charge in [0, 0.05) is 4.88 Å². The molecule has 0 bridgehead atoms. The normalized spacial score (nSPS) is 16.3. The molecule has 1 atom stereocenters. The first-order valence-corrected chi connectivity index (χ1v) is 12.0. The van der Waals surface area contributed by atoms with Gasteiger partial charge in [0.25, 0.3) is 5.91 Å². The molecule has 32 heavy (non-hydrogen) atoms. The van der Waals surface area contributed by atoms with E-state index in [0.717, 1.165) is 24.8 Å². The number of carbonyl (C=O) groups is 2. The zero-order chi connectivity index (χ0) is 23.7. The molecule has 0 spiro atoms. The van der Waals surface area contributed by atoms with Crippen molar-refractivity contribution in [2.24, 2.45) is 11.3 Å². The number of hydrogen-bond acceptors (Lipinski definition) is 5. The molecule has 1 aliphatic rings. The molecule has 3 rings (SSSR count). The number of ether oxygens (including phenoxy) is 2. The molecule has 0 saturated heterocycles. The molecule has 2 aromatic rings. The van der Waals surface area contributed by atoms with Crippen LogP contribution in [0.5, 0.6) is 5.75 Å². The molecule has 0 aliphatic heterocycles. The Balaban J connectivity index is 1.72. The highest BCUT2D eigenvalue weighted by Gasteiger charge is 2.34. The molecule has 1 aliphatic carbocycles. The molecule has 1 aromatic carbocycles. The average molecular weight is 458 g/mol. The van der Waals surface area contributed by atoms with Crippen LogP contribution >= 0.6 is 11.3 Å². The zero-order valence-corrected chi connectivity index (χ0v) is 21.1. The number of thiophene rings is 1. The first kappa shape index (κ1) is 24.3. The largest absolute Gasteiger partial charge is 0.484 e. The summed E-state index contributed by atoms with van der Waals surface area (Å²) in [5.41, 5.74) is 2.99. The lowest BCUT2D eigenvalue weighted by Gasteiger charge is -2.33. The molecular weight excluding hydrogens is 422 g/mol. The summed E-state index contributed by atoms with van der Waals surface area (Å²) < 4.78 is 10.7. The minimum atomic E-state index is -0.398. The smallest absolute Gasteiger partial charge is 0.341 e. The Morgan fingerprint density at radius 3 is 2.31 bits per heavy atom. The van der Waals surface area contributed by atoms with Gasteiger partial charge in [-0.1, -0.05) is 53.7 Å². The van der Waals surface area contributed by atoms with E-state index in [1.807, 2.05) is 24.3 Å². The molecule has 1 unspecified atom stereocenters. The summed E-state index contributed by atoms with van der Waals surface area (Å²) in [6.07, 6.45) is 2.77. The van der Waals surface area contributed by atoms with Crippen molar-refractivity contribution in [3.63, 3.8) is 0 Å². The predicted octanol–water partition coefficient (Wildman–Crippen LogP) is 6.00. The van der Waals surface area contributed by atoms with Gasteiger partial charge in [-0.2, -0.15) is 0 Å². The van der Waals surface area contributed by atoms with E-state index in [9.17, 15) is 9.59 Å². The van der Waals surface area contributed by atoms with Gasteiger partial charge < -0.3 is 14.8 Å². The van der Waals surface area contributed by atoms with Crippen LogP contribution in [-0.2, 0) is 27.8 Å². The maximum atomic E-state index is 12.6. The molecular formula is C26H35NO4S.